The largest absolute Gasteiger partial charge is 0.169 e. The van der Waals surface area contributed by atoms with Gasteiger partial charge in [0.25, 0.3) is 0 Å². The van der Waals surface area contributed by atoms with Gasteiger partial charge in [0.05, 0.1) is 26.2 Å². The Balaban J connectivity index is -0.000000550. The molecule has 6 aromatic heterocycles. The first kappa shape index (κ1) is 55.2. The molecule has 0 aliphatic rings. The summed E-state index contributed by atoms with van der Waals surface area (Å²) in [5, 5.41) is 8.89. The number of hydrogen-bond donors (Lipinski definition) is 0. The first-order chi connectivity index (χ1) is 21.9. The zero-order valence-electron chi connectivity index (χ0n) is 26.7. The van der Waals surface area contributed by atoms with Gasteiger partial charge in [0.15, 0.2) is 0 Å². The van der Waals surface area contributed by atoms with E-state index in [4.69, 9.17) is 0 Å². The van der Waals surface area contributed by atoms with E-state index in [9.17, 15) is 0 Å². The second-order valence-electron chi connectivity index (χ2n) is 7.93. The second-order valence-corrected chi connectivity index (χ2v) is 22.3. The molecule has 0 fully saturated rings. The highest BCUT2D eigenvalue weighted by atomic mass is 32.2. The van der Waals surface area contributed by atoms with E-state index in [1.807, 2.05) is 163 Å². The Morgan fingerprint density at radius 1 is 0.388 bits per heavy atom. The van der Waals surface area contributed by atoms with Gasteiger partial charge in [-0.25, -0.2) is 0 Å². The zero-order chi connectivity index (χ0) is 33.2. The van der Waals surface area contributed by atoms with Crippen LogP contribution in [0.1, 0.15) is 29.7 Å². The summed E-state index contributed by atoms with van der Waals surface area (Å²) in [7, 11) is 0. The van der Waals surface area contributed by atoms with Crippen LogP contribution in [0, 0.1) is 0 Å². The first-order valence-corrected chi connectivity index (χ1v) is 29.3. The Bertz CT molecular complexity index is 1470. The van der Waals surface area contributed by atoms with Gasteiger partial charge >= 0.3 is 0 Å². The monoisotopic (exact) mass is 942 g/mol. The third kappa shape index (κ3) is 18.4. The van der Waals surface area contributed by atoms with E-state index in [2.05, 4.69) is 95.8 Å². The van der Waals surface area contributed by atoms with E-state index in [1.54, 1.807) is 23.1 Å². The SMILES string of the molecule is C.C.C.C.CSC.CSc1cc2sc(SC)cc2s1.CSc1ccc(SC)s1.CSc1csc2c(SC)csc12.CSc1cscc1SC. The fourth-order valence-electron chi connectivity index (χ4n) is 3.15. The van der Waals surface area contributed by atoms with E-state index in [0.717, 1.165) is 0 Å². The molecule has 0 saturated heterocycles. The van der Waals surface area contributed by atoms with E-state index in [0.29, 0.717) is 0 Å². The van der Waals surface area contributed by atoms with Crippen molar-refractivity contribution < 1.29 is 0 Å². The molecule has 0 amide bonds. The summed E-state index contributed by atoms with van der Waals surface area (Å²) in [6, 6.07) is 8.91. The van der Waals surface area contributed by atoms with Crippen LogP contribution in [0.2, 0.25) is 0 Å². The highest BCUT2D eigenvalue weighted by molar-refractivity contribution is 8.03. The Labute approximate surface area is 362 Å². The normalized spacial score (nSPS) is 9.51. The molecule has 0 unspecified atom stereocenters. The molecule has 0 atom stereocenters. The Morgan fingerprint density at radius 3 is 0.980 bits per heavy atom. The molecule has 0 aliphatic carbocycles. The molecule has 6 aromatic rings. The van der Waals surface area contributed by atoms with Gasteiger partial charge in [-0.05, 0) is 86.8 Å². The fourth-order valence-corrected chi connectivity index (χ4v) is 16.4. The average molecular weight is 944 g/mol. The smallest absolute Gasteiger partial charge is 0.0616 e. The number of rotatable bonds is 8. The van der Waals surface area contributed by atoms with Gasteiger partial charge in [-0.2, -0.15) is 23.1 Å². The van der Waals surface area contributed by atoms with Crippen molar-refractivity contribution >= 4 is 193 Å². The van der Waals surface area contributed by atoms with Gasteiger partial charge in [-0.15, -0.1) is 151 Å². The van der Waals surface area contributed by atoms with Crippen molar-refractivity contribution in [1.82, 2.24) is 0 Å². The number of hydrogen-bond acceptors (Lipinski definition) is 15. The van der Waals surface area contributed by atoms with Crippen molar-refractivity contribution in [2.75, 3.05) is 62.6 Å². The topological polar surface area (TPSA) is 0 Å². The molecule has 6 rings (SSSR count). The molecule has 0 bridgehead atoms. The van der Waals surface area contributed by atoms with Crippen molar-refractivity contribution in [3.8, 4) is 0 Å². The van der Waals surface area contributed by atoms with E-state index >= 15 is 0 Å². The molecule has 280 valence electrons. The molecule has 0 spiro atoms. The van der Waals surface area contributed by atoms with Crippen LogP contribution < -0.4 is 0 Å². The van der Waals surface area contributed by atoms with Gasteiger partial charge in [0.2, 0.25) is 0 Å². The maximum absolute atomic E-state index is 2.29. The molecule has 0 radical (unpaired) electrons. The average Bonchev–Trinajstić information content (AvgIpc) is 3.91. The summed E-state index contributed by atoms with van der Waals surface area (Å²) >= 11 is 27.5. The lowest BCUT2D eigenvalue weighted by Crippen LogP contribution is -1.63. The highest BCUT2D eigenvalue weighted by Gasteiger charge is 2.09. The quantitative estimate of drug-likeness (QED) is 0.136. The predicted octanol–water partition coefficient (Wildman–Crippen LogP) is 18.7. The first-order valence-electron chi connectivity index (χ1n) is 12.8. The minimum atomic E-state index is 0. The van der Waals surface area contributed by atoms with Crippen molar-refractivity contribution in [1.29, 1.82) is 0 Å². The molecule has 49 heavy (non-hydrogen) atoms. The third-order valence-electron chi connectivity index (χ3n) is 5.22. The maximum atomic E-state index is 2.29. The molecule has 0 aromatic carbocycles. The lowest BCUT2D eigenvalue weighted by molar-refractivity contribution is 1.34. The van der Waals surface area contributed by atoms with Crippen LogP contribution in [0.15, 0.2) is 82.2 Å². The second kappa shape index (κ2) is 32.1. The number of thiophene rings is 6. The molecule has 6 heterocycles. The summed E-state index contributed by atoms with van der Waals surface area (Å²) in [4.78, 5) is 5.68. The van der Waals surface area contributed by atoms with Crippen LogP contribution in [-0.4, -0.2) is 62.6 Å². The fraction of sp³-hybridized carbons (Fsp3) is 0.412. The minimum absolute atomic E-state index is 0. The van der Waals surface area contributed by atoms with Crippen LogP contribution in [0.3, 0.4) is 0 Å². The zero-order valence-corrected chi connectivity index (χ0v) is 39.0. The third-order valence-corrected chi connectivity index (χ3v) is 19.9. The lowest BCUT2D eigenvalue weighted by Gasteiger charge is -1.92. The van der Waals surface area contributed by atoms with Gasteiger partial charge < -0.3 is 0 Å². The molecule has 0 N–H and O–H groups in total. The van der Waals surface area contributed by atoms with Gasteiger partial charge in [-0.1, -0.05) is 29.7 Å². The minimum Gasteiger partial charge on any atom is -0.169 e. The van der Waals surface area contributed by atoms with Crippen molar-refractivity contribution in [3.05, 3.63) is 45.8 Å². The van der Waals surface area contributed by atoms with Crippen LogP contribution in [-0.2, 0) is 0 Å². The standard InChI is InChI=1S/2C8H8S4.2C6H8S3.C2H6S.4CH4/c1-9-5-3-11-8-6(10-2)4-12-7(5)8;1-9-7-3-5-6(11-7)4-8(10-2)12-5;1-7-5-3-9-4-6(5)8-2;1-7-5-3-4-6(8-2)9-5;1-3-2;;;;/h2*3-4H,1-2H3;2*3-4H,1-2H3;1-2H3;4*1H4. The summed E-state index contributed by atoms with van der Waals surface area (Å²) < 4.78 is 11.5. The van der Waals surface area contributed by atoms with Gasteiger partial charge in [0, 0.05) is 50.5 Å². The van der Waals surface area contributed by atoms with Crippen LogP contribution in [0.4, 0.5) is 0 Å². The van der Waals surface area contributed by atoms with Crippen molar-refractivity contribution in [2.45, 2.75) is 66.1 Å². The van der Waals surface area contributed by atoms with Gasteiger partial charge in [-0.3, -0.25) is 0 Å². The molecule has 0 nitrogen and oxygen atoms in total. The lowest BCUT2D eigenvalue weighted by atomic mass is 10.5. The van der Waals surface area contributed by atoms with Gasteiger partial charge in [0.1, 0.15) is 0 Å². The van der Waals surface area contributed by atoms with E-state index in [1.165, 1.54) is 55.2 Å². The molecular weight excluding hydrogens is 889 g/mol. The van der Waals surface area contributed by atoms with E-state index < -0.39 is 0 Å². The molecule has 15 heteroatoms. The highest BCUT2D eigenvalue weighted by Crippen LogP contribution is 2.42. The van der Waals surface area contributed by atoms with Crippen molar-refractivity contribution in [2.24, 2.45) is 0 Å². The van der Waals surface area contributed by atoms with Crippen LogP contribution in [0.25, 0.3) is 18.8 Å². The van der Waals surface area contributed by atoms with Crippen LogP contribution >= 0.6 is 174 Å². The molecular formula is C34H54S15. The maximum Gasteiger partial charge on any atom is 0.0616 e. The number of thioether (sulfide) groups is 9. The molecule has 0 saturated carbocycles. The number of fused-ring (bicyclic) bond motifs is 2. The summed E-state index contributed by atoms with van der Waals surface area (Å²) in [5.41, 5.74) is 0. The predicted molar refractivity (Wildman–Crippen MR) is 269 cm³/mol. The summed E-state index contributed by atoms with van der Waals surface area (Å²) in [6.45, 7) is 0. The summed E-state index contributed by atoms with van der Waals surface area (Å²) in [5.74, 6) is 0. The Morgan fingerprint density at radius 2 is 0.714 bits per heavy atom. The van der Waals surface area contributed by atoms with Crippen molar-refractivity contribution in [3.63, 3.8) is 0 Å². The Kier molecular flexibility index (Phi) is 36.2. The van der Waals surface area contributed by atoms with E-state index in [-0.39, 0.29) is 29.7 Å². The Hall–Kier alpha value is 1.87. The summed E-state index contributed by atoms with van der Waals surface area (Å²) in [6.07, 6.45) is 21.1. The van der Waals surface area contributed by atoms with Crippen LogP contribution in [0.5, 0.6) is 0 Å². The molecule has 0 aliphatic heterocycles.